The largest absolute Gasteiger partial charge is 0.380 e. The molecule has 1 unspecified atom stereocenters. The Morgan fingerprint density at radius 1 is 1.26 bits per heavy atom. The molecule has 0 saturated heterocycles. The average Bonchev–Trinajstić information content (AvgIpc) is 2.42. The molecule has 19 heavy (non-hydrogen) atoms. The van der Waals surface area contributed by atoms with Crippen molar-refractivity contribution in [1.82, 2.24) is 10.2 Å². The van der Waals surface area contributed by atoms with E-state index in [0.29, 0.717) is 6.04 Å². The SMILES string of the molecule is CCOCCNCCN(C)C(C)c1ccc(Cl)cc1. The van der Waals surface area contributed by atoms with Crippen LogP contribution in [0.2, 0.25) is 5.02 Å². The van der Waals surface area contributed by atoms with Gasteiger partial charge >= 0.3 is 0 Å². The third-order valence-corrected chi connectivity index (χ3v) is 3.53. The number of hydrogen-bond donors (Lipinski definition) is 1. The zero-order chi connectivity index (χ0) is 14.1. The van der Waals surface area contributed by atoms with Crippen LogP contribution in [0.5, 0.6) is 0 Å². The number of nitrogens with zero attached hydrogens (tertiary/aromatic N) is 1. The van der Waals surface area contributed by atoms with E-state index in [1.807, 2.05) is 19.1 Å². The lowest BCUT2D eigenvalue weighted by Gasteiger charge is -2.25. The standard InChI is InChI=1S/C15H25ClN2O/c1-4-19-12-10-17-9-11-18(3)13(2)14-5-7-15(16)8-6-14/h5-8,13,17H,4,9-12H2,1-3H3. The van der Waals surface area contributed by atoms with Crippen LogP contribution in [0.1, 0.15) is 25.5 Å². The van der Waals surface area contributed by atoms with Gasteiger partial charge in [-0.25, -0.2) is 0 Å². The first-order chi connectivity index (χ1) is 9.15. The lowest BCUT2D eigenvalue weighted by molar-refractivity contribution is 0.148. The summed E-state index contributed by atoms with van der Waals surface area (Å²) in [5.41, 5.74) is 1.29. The molecule has 1 rings (SSSR count). The quantitative estimate of drug-likeness (QED) is 0.706. The molecule has 0 aromatic heterocycles. The summed E-state index contributed by atoms with van der Waals surface area (Å²) < 4.78 is 5.28. The minimum Gasteiger partial charge on any atom is -0.380 e. The Balaban J connectivity index is 2.25. The molecule has 0 saturated carbocycles. The van der Waals surface area contributed by atoms with E-state index in [2.05, 4.69) is 36.3 Å². The van der Waals surface area contributed by atoms with Gasteiger partial charge in [-0.3, -0.25) is 4.90 Å². The van der Waals surface area contributed by atoms with Gasteiger partial charge in [0, 0.05) is 37.3 Å². The third kappa shape index (κ3) is 6.39. The molecule has 0 fully saturated rings. The zero-order valence-electron chi connectivity index (χ0n) is 12.2. The van der Waals surface area contributed by atoms with Gasteiger partial charge in [0.1, 0.15) is 0 Å². The fourth-order valence-electron chi connectivity index (χ4n) is 1.86. The molecule has 0 radical (unpaired) electrons. The molecule has 3 nitrogen and oxygen atoms in total. The van der Waals surface area contributed by atoms with Crippen LogP contribution in [0, 0.1) is 0 Å². The van der Waals surface area contributed by atoms with Crippen LogP contribution in [0.15, 0.2) is 24.3 Å². The molecular formula is C15H25ClN2O. The maximum absolute atomic E-state index is 5.90. The highest BCUT2D eigenvalue weighted by atomic mass is 35.5. The van der Waals surface area contributed by atoms with Crippen LogP contribution in [0.4, 0.5) is 0 Å². The van der Waals surface area contributed by atoms with E-state index >= 15 is 0 Å². The Bertz CT molecular complexity index is 343. The summed E-state index contributed by atoms with van der Waals surface area (Å²) >= 11 is 5.90. The van der Waals surface area contributed by atoms with Crippen molar-refractivity contribution in [3.8, 4) is 0 Å². The van der Waals surface area contributed by atoms with E-state index in [1.165, 1.54) is 5.56 Å². The second-order valence-electron chi connectivity index (χ2n) is 4.66. The molecule has 0 bridgehead atoms. The Hall–Kier alpha value is -0.610. The molecule has 4 heteroatoms. The Labute approximate surface area is 121 Å². The van der Waals surface area contributed by atoms with Crippen molar-refractivity contribution in [3.63, 3.8) is 0 Å². The highest BCUT2D eigenvalue weighted by molar-refractivity contribution is 6.30. The van der Waals surface area contributed by atoms with Gasteiger partial charge < -0.3 is 10.1 Å². The van der Waals surface area contributed by atoms with Crippen molar-refractivity contribution in [2.24, 2.45) is 0 Å². The van der Waals surface area contributed by atoms with E-state index in [0.717, 1.165) is 37.9 Å². The molecule has 108 valence electrons. The molecule has 1 aromatic carbocycles. The molecule has 0 aliphatic carbocycles. The molecule has 0 spiro atoms. The van der Waals surface area contributed by atoms with Crippen molar-refractivity contribution in [1.29, 1.82) is 0 Å². The van der Waals surface area contributed by atoms with E-state index in [4.69, 9.17) is 16.3 Å². The van der Waals surface area contributed by atoms with Crippen LogP contribution in [0.3, 0.4) is 0 Å². The van der Waals surface area contributed by atoms with Crippen molar-refractivity contribution >= 4 is 11.6 Å². The van der Waals surface area contributed by atoms with Gasteiger partial charge in [-0.2, -0.15) is 0 Å². The predicted molar refractivity (Wildman–Crippen MR) is 81.9 cm³/mol. The normalized spacial score (nSPS) is 12.9. The van der Waals surface area contributed by atoms with Crippen molar-refractivity contribution in [2.75, 3.05) is 39.9 Å². The first kappa shape index (κ1) is 16.4. The number of rotatable bonds is 9. The van der Waals surface area contributed by atoms with Gasteiger partial charge in [0.2, 0.25) is 0 Å². The van der Waals surface area contributed by atoms with Crippen LogP contribution >= 0.6 is 11.6 Å². The molecule has 1 atom stereocenters. The van der Waals surface area contributed by atoms with E-state index < -0.39 is 0 Å². The fourth-order valence-corrected chi connectivity index (χ4v) is 1.98. The summed E-state index contributed by atoms with van der Waals surface area (Å²) in [7, 11) is 2.14. The van der Waals surface area contributed by atoms with Crippen molar-refractivity contribution in [2.45, 2.75) is 19.9 Å². The first-order valence-electron chi connectivity index (χ1n) is 6.89. The Kier molecular flexibility index (Phi) is 8.07. The molecule has 0 aliphatic rings. The highest BCUT2D eigenvalue weighted by Crippen LogP contribution is 2.20. The minimum absolute atomic E-state index is 0.394. The summed E-state index contributed by atoms with van der Waals surface area (Å²) in [6, 6.07) is 8.47. The van der Waals surface area contributed by atoms with Crippen LogP contribution in [-0.2, 0) is 4.74 Å². The van der Waals surface area contributed by atoms with Crippen molar-refractivity contribution in [3.05, 3.63) is 34.9 Å². The zero-order valence-corrected chi connectivity index (χ0v) is 12.9. The number of likely N-dealkylation sites (N-methyl/N-ethyl adjacent to an activating group) is 1. The smallest absolute Gasteiger partial charge is 0.0590 e. The van der Waals surface area contributed by atoms with Crippen LogP contribution < -0.4 is 5.32 Å². The van der Waals surface area contributed by atoms with Crippen LogP contribution in [-0.4, -0.2) is 44.8 Å². The maximum atomic E-state index is 5.90. The summed E-state index contributed by atoms with van der Waals surface area (Å²) in [6.45, 7) is 8.70. The predicted octanol–water partition coefficient (Wildman–Crippen LogP) is 2.96. The number of nitrogens with one attached hydrogen (secondary N) is 1. The first-order valence-corrected chi connectivity index (χ1v) is 7.27. The highest BCUT2D eigenvalue weighted by Gasteiger charge is 2.10. The second kappa shape index (κ2) is 9.32. The van der Waals surface area contributed by atoms with Crippen molar-refractivity contribution < 1.29 is 4.74 Å². The second-order valence-corrected chi connectivity index (χ2v) is 5.09. The number of hydrogen-bond acceptors (Lipinski definition) is 3. The van der Waals surface area contributed by atoms with E-state index in [1.54, 1.807) is 0 Å². The minimum atomic E-state index is 0.394. The van der Waals surface area contributed by atoms with E-state index in [-0.39, 0.29) is 0 Å². The van der Waals surface area contributed by atoms with Gasteiger partial charge in [-0.15, -0.1) is 0 Å². The third-order valence-electron chi connectivity index (χ3n) is 3.28. The molecule has 0 amide bonds. The monoisotopic (exact) mass is 284 g/mol. The van der Waals surface area contributed by atoms with Gasteiger partial charge in [0.15, 0.2) is 0 Å². The molecule has 0 aliphatic heterocycles. The van der Waals surface area contributed by atoms with Gasteiger partial charge in [-0.1, -0.05) is 23.7 Å². The summed E-state index contributed by atoms with van der Waals surface area (Å²) in [5.74, 6) is 0. The molecule has 0 heterocycles. The lowest BCUT2D eigenvalue weighted by Crippen LogP contribution is -2.32. The fraction of sp³-hybridized carbons (Fsp3) is 0.600. The van der Waals surface area contributed by atoms with Crippen LogP contribution in [0.25, 0.3) is 0 Å². The Morgan fingerprint density at radius 2 is 1.95 bits per heavy atom. The molecule has 1 aromatic rings. The molecular weight excluding hydrogens is 260 g/mol. The number of halogens is 1. The Morgan fingerprint density at radius 3 is 2.58 bits per heavy atom. The van der Waals surface area contributed by atoms with Gasteiger partial charge in [-0.05, 0) is 38.6 Å². The topological polar surface area (TPSA) is 24.5 Å². The maximum Gasteiger partial charge on any atom is 0.0590 e. The lowest BCUT2D eigenvalue weighted by atomic mass is 10.1. The van der Waals surface area contributed by atoms with Gasteiger partial charge in [0.25, 0.3) is 0 Å². The number of ether oxygens (including phenoxy) is 1. The average molecular weight is 285 g/mol. The number of benzene rings is 1. The summed E-state index contributed by atoms with van der Waals surface area (Å²) in [6.07, 6.45) is 0. The van der Waals surface area contributed by atoms with E-state index in [9.17, 15) is 0 Å². The van der Waals surface area contributed by atoms with Gasteiger partial charge in [0.05, 0.1) is 6.61 Å². The summed E-state index contributed by atoms with van der Waals surface area (Å²) in [5, 5.41) is 4.17. The molecule has 1 N–H and O–H groups in total. The summed E-state index contributed by atoms with van der Waals surface area (Å²) in [4.78, 5) is 2.33.